The van der Waals surface area contributed by atoms with Gasteiger partial charge in [0.25, 0.3) is 0 Å². The number of amidine groups is 1. The zero-order valence-corrected chi connectivity index (χ0v) is 16.3. The maximum atomic E-state index is 12.5. The molecule has 0 radical (unpaired) electrons. The first-order valence-corrected chi connectivity index (χ1v) is 9.41. The van der Waals surface area contributed by atoms with E-state index >= 15 is 0 Å². The van der Waals surface area contributed by atoms with Gasteiger partial charge in [0.15, 0.2) is 0 Å². The van der Waals surface area contributed by atoms with Crippen LogP contribution in [0.25, 0.3) is 0 Å². The van der Waals surface area contributed by atoms with Crippen molar-refractivity contribution < 1.29 is 9.59 Å². The molecule has 0 aliphatic carbocycles. The van der Waals surface area contributed by atoms with E-state index in [0.29, 0.717) is 11.3 Å². The number of rotatable bonds is 7. The Hall–Kier alpha value is -4.13. The Morgan fingerprint density at radius 2 is 1.37 bits per heavy atom. The summed E-state index contributed by atoms with van der Waals surface area (Å²) in [6.45, 7) is -0.173. The van der Waals surface area contributed by atoms with Crippen molar-refractivity contribution >= 4 is 23.5 Å². The fraction of sp³-hybridized carbons (Fsp3) is 0.0870. The number of nitrogen functional groups attached to an aromatic ring is 1. The number of hydrogen-bond acceptors (Lipinski definition) is 3. The molecule has 0 aliphatic heterocycles. The standard InChI is InChI=1S/C23H23N5O2/c24-22(25)18-11-13-19(14-12-18)27-23(30)26-15-20(29)28-21(16-7-3-1-4-8-16)17-9-5-2-6-10-17/h1-14,21H,15H2,(H3,24,25)(H,28,29)(H2,26,27,30). The van der Waals surface area contributed by atoms with Crippen molar-refractivity contribution in [1.82, 2.24) is 10.6 Å². The quantitative estimate of drug-likeness (QED) is 0.309. The highest BCUT2D eigenvalue weighted by molar-refractivity contribution is 5.96. The molecule has 0 bridgehead atoms. The molecule has 3 rings (SSSR count). The summed E-state index contributed by atoms with van der Waals surface area (Å²) in [4.78, 5) is 24.6. The molecule has 0 heterocycles. The molecule has 30 heavy (non-hydrogen) atoms. The van der Waals surface area contributed by atoms with Crippen LogP contribution in [0.15, 0.2) is 84.9 Å². The molecule has 0 fully saturated rings. The largest absolute Gasteiger partial charge is 0.384 e. The second kappa shape index (κ2) is 9.88. The predicted octanol–water partition coefficient (Wildman–Crippen LogP) is 3.00. The van der Waals surface area contributed by atoms with Gasteiger partial charge in [0.2, 0.25) is 5.91 Å². The third kappa shape index (κ3) is 5.68. The Labute approximate surface area is 174 Å². The third-order valence-electron chi connectivity index (χ3n) is 4.43. The van der Waals surface area contributed by atoms with Gasteiger partial charge >= 0.3 is 6.03 Å². The van der Waals surface area contributed by atoms with Crippen molar-refractivity contribution in [2.45, 2.75) is 6.04 Å². The van der Waals surface area contributed by atoms with Gasteiger partial charge in [0, 0.05) is 11.3 Å². The zero-order chi connectivity index (χ0) is 21.3. The minimum Gasteiger partial charge on any atom is -0.384 e. The molecule has 152 valence electrons. The normalized spacial score (nSPS) is 10.3. The number of carbonyl (C=O) groups excluding carboxylic acids is 2. The van der Waals surface area contributed by atoms with Crippen molar-refractivity contribution in [3.8, 4) is 0 Å². The smallest absolute Gasteiger partial charge is 0.319 e. The van der Waals surface area contributed by atoms with Gasteiger partial charge in [-0.25, -0.2) is 4.79 Å². The monoisotopic (exact) mass is 401 g/mol. The first kappa shape index (κ1) is 20.6. The topological polar surface area (TPSA) is 120 Å². The molecule has 3 aromatic carbocycles. The summed E-state index contributed by atoms with van der Waals surface area (Å²) in [6.07, 6.45) is 0. The van der Waals surface area contributed by atoms with Crippen LogP contribution >= 0.6 is 0 Å². The molecule has 0 aromatic heterocycles. The van der Waals surface area contributed by atoms with Gasteiger partial charge in [-0.1, -0.05) is 60.7 Å². The lowest BCUT2D eigenvalue weighted by molar-refractivity contribution is -0.120. The van der Waals surface area contributed by atoms with Crippen molar-refractivity contribution in [3.05, 3.63) is 102 Å². The fourth-order valence-electron chi connectivity index (χ4n) is 2.93. The summed E-state index contributed by atoms with van der Waals surface area (Å²) in [5, 5.41) is 15.5. The fourth-order valence-corrected chi connectivity index (χ4v) is 2.93. The Kier molecular flexibility index (Phi) is 6.78. The summed E-state index contributed by atoms with van der Waals surface area (Å²) in [5.74, 6) is -0.358. The number of anilines is 1. The van der Waals surface area contributed by atoms with E-state index in [9.17, 15) is 9.59 Å². The average molecular weight is 401 g/mol. The van der Waals surface area contributed by atoms with E-state index in [1.54, 1.807) is 24.3 Å². The first-order valence-electron chi connectivity index (χ1n) is 9.41. The lowest BCUT2D eigenvalue weighted by Crippen LogP contribution is -2.40. The molecule has 3 aromatic rings. The molecule has 0 spiro atoms. The van der Waals surface area contributed by atoms with Crippen LogP contribution in [-0.4, -0.2) is 24.3 Å². The Balaban J connectivity index is 1.57. The van der Waals surface area contributed by atoms with Gasteiger partial charge in [0.1, 0.15) is 5.84 Å². The van der Waals surface area contributed by atoms with Crippen LogP contribution in [-0.2, 0) is 4.79 Å². The number of carbonyl (C=O) groups is 2. The van der Waals surface area contributed by atoms with Crippen LogP contribution in [0.2, 0.25) is 0 Å². The van der Waals surface area contributed by atoms with Gasteiger partial charge in [0.05, 0.1) is 12.6 Å². The molecule has 0 saturated heterocycles. The lowest BCUT2D eigenvalue weighted by atomic mass is 9.99. The van der Waals surface area contributed by atoms with Gasteiger partial charge < -0.3 is 21.7 Å². The number of benzene rings is 3. The SMILES string of the molecule is N=C(N)c1ccc(NC(=O)NCC(=O)NC(c2ccccc2)c2ccccc2)cc1. The van der Waals surface area contributed by atoms with Crippen LogP contribution in [0.4, 0.5) is 10.5 Å². The molecule has 7 nitrogen and oxygen atoms in total. The van der Waals surface area contributed by atoms with E-state index < -0.39 is 6.03 Å². The molecule has 3 amide bonds. The first-order chi connectivity index (χ1) is 14.5. The van der Waals surface area contributed by atoms with Crippen LogP contribution in [0.5, 0.6) is 0 Å². The molecule has 0 unspecified atom stereocenters. The van der Waals surface area contributed by atoms with Gasteiger partial charge in [-0.05, 0) is 35.4 Å². The molecule has 7 heteroatoms. The van der Waals surface area contributed by atoms with Crippen molar-refractivity contribution in [3.63, 3.8) is 0 Å². The number of amides is 3. The maximum Gasteiger partial charge on any atom is 0.319 e. The van der Waals surface area contributed by atoms with E-state index in [-0.39, 0.29) is 24.3 Å². The van der Waals surface area contributed by atoms with E-state index in [1.807, 2.05) is 60.7 Å². The molecular formula is C23H23N5O2. The second-order valence-corrected chi connectivity index (χ2v) is 6.62. The zero-order valence-electron chi connectivity index (χ0n) is 16.3. The van der Waals surface area contributed by atoms with Crippen LogP contribution in [0, 0.1) is 5.41 Å². The molecular weight excluding hydrogens is 378 g/mol. The highest BCUT2D eigenvalue weighted by Gasteiger charge is 2.17. The van der Waals surface area contributed by atoms with Crippen LogP contribution in [0.3, 0.4) is 0 Å². The number of nitrogens with one attached hydrogen (secondary N) is 4. The van der Waals surface area contributed by atoms with E-state index in [4.69, 9.17) is 11.1 Å². The van der Waals surface area contributed by atoms with Gasteiger partial charge in [-0.15, -0.1) is 0 Å². The van der Waals surface area contributed by atoms with Crippen LogP contribution in [0.1, 0.15) is 22.7 Å². The molecule has 0 saturated carbocycles. The number of nitrogens with two attached hydrogens (primary N) is 1. The van der Waals surface area contributed by atoms with E-state index in [0.717, 1.165) is 11.1 Å². The third-order valence-corrected chi connectivity index (χ3v) is 4.43. The van der Waals surface area contributed by atoms with Gasteiger partial charge in [-0.3, -0.25) is 10.2 Å². The highest BCUT2D eigenvalue weighted by atomic mass is 16.2. The Bertz CT molecular complexity index is 965. The molecule has 0 atom stereocenters. The minimum absolute atomic E-state index is 0.0472. The minimum atomic E-state index is -0.503. The highest BCUT2D eigenvalue weighted by Crippen LogP contribution is 2.21. The average Bonchev–Trinajstić information content (AvgIpc) is 2.77. The summed E-state index contributed by atoms with van der Waals surface area (Å²) in [5.41, 5.74) is 8.41. The Morgan fingerprint density at radius 3 is 1.87 bits per heavy atom. The van der Waals surface area contributed by atoms with Crippen molar-refractivity contribution in [2.24, 2.45) is 5.73 Å². The summed E-state index contributed by atoms with van der Waals surface area (Å²) in [6, 6.07) is 25.0. The summed E-state index contributed by atoms with van der Waals surface area (Å²) >= 11 is 0. The molecule has 0 aliphatic rings. The van der Waals surface area contributed by atoms with Crippen molar-refractivity contribution in [1.29, 1.82) is 5.41 Å². The van der Waals surface area contributed by atoms with Gasteiger partial charge in [-0.2, -0.15) is 0 Å². The lowest BCUT2D eigenvalue weighted by Gasteiger charge is -2.20. The number of urea groups is 1. The second-order valence-electron chi connectivity index (χ2n) is 6.62. The number of hydrogen-bond donors (Lipinski definition) is 5. The van der Waals surface area contributed by atoms with Crippen LogP contribution < -0.4 is 21.7 Å². The molecule has 6 N–H and O–H groups in total. The maximum absolute atomic E-state index is 12.5. The van der Waals surface area contributed by atoms with Crippen molar-refractivity contribution in [2.75, 3.05) is 11.9 Å². The summed E-state index contributed by atoms with van der Waals surface area (Å²) < 4.78 is 0. The van der Waals surface area contributed by atoms with E-state index in [2.05, 4.69) is 16.0 Å². The van der Waals surface area contributed by atoms with E-state index in [1.165, 1.54) is 0 Å². The predicted molar refractivity (Wildman–Crippen MR) is 117 cm³/mol. The summed E-state index contributed by atoms with van der Waals surface area (Å²) in [7, 11) is 0. The Morgan fingerprint density at radius 1 is 0.833 bits per heavy atom.